The summed E-state index contributed by atoms with van der Waals surface area (Å²) in [4.78, 5) is 4.15. The second kappa shape index (κ2) is 2.84. The Bertz CT molecular complexity index is 298. The van der Waals surface area contributed by atoms with Crippen LogP contribution in [0.2, 0.25) is 0 Å². The summed E-state index contributed by atoms with van der Waals surface area (Å²) in [7, 11) is 0. The van der Waals surface area contributed by atoms with E-state index in [1.807, 2.05) is 12.5 Å². The van der Waals surface area contributed by atoms with Gasteiger partial charge in [0.15, 0.2) is 0 Å². The van der Waals surface area contributed by atoms with Crippen molar-refractivity contribution in [3.8, 4) is 0 Å². The van der Waals surface area contributed by atoms with Gasteiger partial charge in [0.25, 0.3) is 0 Å². The highest BCUT2D eigenvalue weighted by atomic mass is 16.5. The van der Waals surface area contributed by atoms with E-state index in [1.54, 1.807) is 0 Å². The quantitative estimate of drug-likeness (QED) is 0.610. The van der Waals surface area contributed by atoms with E-state index in [2.05, 4.69) is 30.3 Å². The lowest BCUT2D eigenvalue weighted by atomic mass is 9.86. The summed E-state index contributed by atoms with van der Waals surface area (Å²) in [5.74, 6) is 0. The summed E-state index contributed by atoms with van der Waals surface area (Å²) in [5.41, 5.74) is 1.42. The standard InChI is InChI=1S/C10H16N2O/c1-10(2,3)9-6-13-5-8-4-11-7-12(8)9/h4,7,9H,5-6H2,1-3H3. The van der Waals surface area contributed by atoms with Crippen molar-refractivity contribution in [2.24, 2.45) is 5.41 Å². The van der Waals surface area contributed by atoms with Crippen LogP contribution in [0.1, 0.15) is 32.5 Å². The molecule has 1 atom stereocenters. The first-order chi connectivity index (χ1) is 6.09. The Morgan fingerprint density at radius 1 is 1.54 bits per heavy atom. The van der Waals surface area contributed by atoms with Crippen LogP contribution >= 0.6 is 0 Å². The van der Waals surface area contributed by atoms with Gasteiger partial charge < -0.3 is 9.30 Å². The molecule has 1 aliphatic rings. The SMILES string of the molecule is CC(C)(C)C1COCc2cncn21. The van der Waals surface area contributed by atoms with E-state index in [0.29, 0.717) is 12.6 Å². The molecule has 0 bridgehead atoms. The Morgan fingerprint density at radius 3 is 3.00 bits per heavy atom. The molecule has 1 aromatic heterocycles. The predicted molar refractivity (Wildman–Crippen MR) is 50.4 cm³/mol. The predicted octanol–water partition coefficient (Wildman–Crippen LogP) is 2.00. The minimum atomic E-state index is 0.232. The second-order valence-electron chi connectivity index (χ2n) is 4.69. The van der Waals surface area contributed by atoms with Gasteiger partial charge in [-0.15, -0.1) is 0 Å². The molecule has 72 valence electrons. The van der Waals surface area contributed by atoms with Crippen LogP contribution in [0, 0.1) is 5.41 Å². The fourth-order valence-electron chi connectivity index (χ4n) is 1.75. The van der Waals surface area contributed by atoms with Crippen LogP contribution in [-0.2, 0) is 11.3 Å². The van der Waals surface area contributed by atoms with E-state index >= 15 is 0 Å². The van der Waals surface area contributed by atoms with Crippen molar-refractivity contribution in [1.29, 1.82) is 0 Å². The van der Waals surface area contributed by atoms with E-state index in [1.165, 1.54) is 5.69 Å². The zero-order valence-corrected chi connectivity index (χ0v) is 8.45. The van der Waals surface area contributed by atoms with Crippen molar-refractivity contribution in [3.63, 3.8) is 0 Å². The van der Waals surface area contributed by atoms with Gasteiger partial charge in [-0.05, 0) is 5.41 Å². The maximum absolute atomic E-state index is 5.53. The average Bonchev–Trinajstić information content (AvgIpc) is 2.48. The normalized spacial score (nSPS) is 22.8. The molecule has 0 amide bonds. The third-order valence-corrected chi connectivity index (χ3v) is 2.61. The van der Waals surface area contributed by atoms with Crippen LogP contribution in [0.3, 0.4) is 0 Å². The first kappa shape index (κ1) is 8.75. The summed E-state index contributed by atoms with van der Waals surface area (Å²) in [6, 6.07) is 0.416. The molecule has 2 rings (SSSR count). The van der Waals surface area contributed by atoms with Gasteiger partial charge in [0, 0.05) is 0 Å². The number of aromatic nitrogens is 2. The highest BCUT2D eigenvalue weighted by Gasteiger charge is 2.30. The molecule has 1 aromatic rings. The van der Waals surface area contributed by atoms with Gasteiger partial charge in [0.05, 0.1) is 37.5 Å². The molecule has 0 spiro atoms. The zero-order valence-electron chi connectivity index (χ0n) is 8.45. The molecule has 0 aliphatic carbocycles. The first-order valence-electron chi connectivity index (χ1n) is 4.67. The van der Waals surface area contributed by atoms with Gasteiger partial charge in [-0.2, -0.15) is 0 Å². The molecule has 3 heteroatoms. The maximum atomic E-state index is 5.53. The Kier molecular flexibility index (Phi) is 1.91. The molecule has 0 saturated heterocycles. The number of hydrogen-bond donors (Lipinski definition) is 0. The van der Waals surface area contributed by atoms with Crippen molar-refractivity contribution >= 4 is 0 Å². The molecule has 13 heavy (non-hydrogen) atoms. The molecule has 0 radical (unpaired) electrons. The van der Waals surface area contributed by atoms with Gasteiger partial charge in [-0.1, -0.05) is 20.8 Å². The number of fused-ring (bicyclic) bond motifs is 1. The van der Waals surface area contributed by atoms with Crippen molar-refractivity contribution in [2.75, 3.05) is 6.61 Å². The Labute approximate surface area is 78.7 Å². The smallest absolute Gasteiger partial charge is 0.0952 e. The van der Waals surface area contributed by atoms with Gasteiger partial charge in [0.2, 0.25) is 0 Å². The van der Waals surface area contributed by atoms with Crippen LogP contribution < -0.4 is 0 Å². The fraction of sp³-hybridized carbons (Fsp3) is 0.700. The number of nitrogens with zero attached hydrogens (tertiary/aromatic N) is 2. The molecule has 0 fully saturated rings. The minimum Gasteiger partial charge on any atom is -0.373 e. The van der Waals surface area contributed by atoms with Crippen LogP contribution in [0.4, 0.5) is 0 Å². The molecular formula is C10H16N2O. The van der Waals surface area contributed by atoms with E-state index in [0.717, 1.165) is 6.61 Å². The summed E-state index contributed by atoms with van der Waals surface area (Å²) in [5, 5.41) is 0. The lowest BCUT2D eigenvalue weighted by Gasteiger charge is -2.35. The summed E-state index contributed by atoms with van der Waals surface area (Å²) < 4.78 is 7.77. The third kappa shape index (κ3) is 1.48. The lowest BCUT2D eigenvalue weighted by Crippen LogP contribution is -2.32. The Balaban J connectivity index is 2.35. The largest absolute Gasteiger partial charge is 0.373 e. The van der Waals surface area contributed by atoms with Crippen LogP contribution in [0.5, 0.6) is 0 Å². The maximum Gasteiger partial charge on any atom is 0.0952 e. The zero-order chi connectivity index (χ0) is 9.47. The van der Waals surface area contributed by atoms with Gasteiger partial charge >= 0.3 is 0 Å². The molecular weight excluding hydrogens is 164 g/mol. The minimum absolute atomic E-state index is 0.232. The van der Waals surface area contributed by atoms with Crippen LogP contribution in [0.15, 0.2) is 12.5 Å². The van der Waals surface area contributed by atoms with Crippen molar-refractivity contribution in [3.05, 3.63) is 18.2 Å². The molecule has 3 nitrogen and oxygen atoms in total. The molecule has 0 aromatic carbocycles. The fourth-order valence-corrected chi connectivity index (χ4v) is 1.75. The van der Waals surface area contributed by atoms with E-state index in [-0.39, 0.29) is 5.41 Å². The first-order valence-corrected chi connectivity index (χ1v) is 4.67. The molecule has 0 N–H and O–H groups in total. The number of hydrogen-bond acceptors (Lipinski definition) is 2. The molecule has 0 saturated carbocycles. The second-order valence-corrected chi connectivity index (χ2v) is 4.69. The summed E-state index contributed by atoms with van der Waals surface area (Å²) >= 11 is 0. The Hall–Kier alpha value is -0.830. The molecule has 1 aliphatic heterocycles. The summed E-state index contributed by atoms with van der Waals surface area (Å²) in [6.45, 7) is 8.20. The summed E-state index contributed by atoms with van der Waals surface area (Å²) in [6.07, 6.45) is 3.80. The van der Waals surface area contributed by atoms with Crippen molar-refractivity contribution in [2.45, 2.75) is 33.4 Å². The molecule has 2 heterocycles. The Morgan fingerprint density at radius 2 is 2.31 bits per heavy atom. The van der Waals surface area contributed by atoms with Crippen LogP contribution in [-0.4, -0.2) is 16.2 Å². The highest BCUT2D eigenvalue weighted by molar-refractivity contribution is 5.03. The number of imidazole rings is 1. The van der Waals surface area contributed by atoms with Gasteiger partial charge in [-0.3, -0.25) is 0 Å². The molecule has 1 unspecified atom stereocenters. The van der Waals surface area contributed by atoms with Crippen LogP contribution in [0.25, 0.3) is 0 Å². The highest BCUT2D eigenvalue weighted by Crippen LogP contribution is 2.34. The third-order valence-electron chi connectivity index (χ3n) is 2.61. The number of ether oxygens (including phenoxy) is 1. The van der Waals surface area contributed by atoms with Gasteiger partial charge in [0.1, 0.15) is 0 Å². The number of rotatable bonds is 0. The van der Waals surface area contributed by atoms with E-state index < -0.39 is 0 Å². The van der Waals surface area contributed by atoms with Crippen molar-refractivity contribution < 1.29 is 4.74 Å². The topological polar surface area (TPSA) is 27.1 Å². The monoisotopic (exact) mass is 180 g/mol. The van der Waals surface area contributed by atoms with E-state index in [9.17, 15) is 0 Å². The lowest BCUT2D eigenvalue weighted by molar-refractivity contribution is 0.0189. The van der Waals surface area contributed by atoms with Crippen molar-refractivity contribution in [1.82, 2.24) is 9.55 Å². The average molecular weight is 180 g/mol. The van der Waals surface area contributed by atoms with Gasteiger partial charge in [-0.25, -0.2) is 4.98 Å². The van der Waals surface area contributed by atoms with E-state index in [4.69, 9.17) is 4.74 Å².